The molecular formula is C17H18N4O3S. The summed E-state index contributed by atoms with van der Waals surface area (Å²) in [5.41, 5.74) is 2.57. The molecule has 0 aliphatic heterocycles. The third-order valence-corrected chi connectivity index (χ3v) is 5.09. The van der Waals surface area contributed by atoms with Crippen molar-refractivity contribution in [2.45, 2.75) is 11.4 Å². The molecule has 2 heterocycles. The number of nitrogens with zero attached hydrogens (tertiary/aromatic N) is 3. The Morgan fingerprint density at radius 3 is 2.52 bits per heavy atom. The van der Waals surface area contributed by atoms with E-state index < -0.39 is 10.0 Å². The molecule has 0 fully saturated rings. The van der Waals surface area contributed by atoms with E-state index in [1.54, 1.807) is 35.4 Å². The van der Waals surface area contributed by atoms with Gasteiger partial charge in [0.1, 0.15) is 5.75 Å². The molecule has 0 radical (unpaired) electrons. The van der Waals surface area contributed by atoms with Crippen LogP contribution >= 0.6 is 0 Å². The van der Waals surface area contributed by atoms with Crippen LogP contribution in [0.3, 0.4) is 0 Å². The molecule has 3 aromatic rings. The zero-order valence-corrected chi connectivity index (χ0v) is 14.7. The minimum absolute atomic E-state index is 0.148. The van der Waals surface area contributed by atoms with Gasteiger partial charge in [-0.05, 0) is 35.9 Å². The largest absolute Gasteiger partial charge is 0.497 e. The van der Waals surface area contributed by atoms with Gasteiger partial charge in [-0.2, -0.15) is 5.10 Å². The van der Waals surface area contributed by atoms with Crippen molar-refractivity contribution in [3.8, 4) is 16.9 Å². The predicted octanol–water partition coefficient (Wildman–Crippen LogP) is 1.97. The Balaban J connectivity index is 1.74. The molecule has 0 aliphatic rings. The van der Waals surface area contributed by atoms with E-state index >= 15 is 0 Å². The zero-order chi connectivity index (χ0) is 17.9. The van der Waals surface area contributed by atoms with Crippen molar-refractivity contribution in [3.05, 3.63) is 60.7 Å². The highest BCUT2D eigenvalue weighted by Crippen LogP contribution is 2.19. The predicted molar refractivity (Wildman–Crippen MR) is 93.5 cm³/mol. The summed E-state index contributed by atoms with van der Waals surface area (Å²) < 4.78 is 34.1. The van der Waals surface area contributed by atoms with E-state index in [1.807, 2.05) is 19.3 Å². The fourth-order valence-corrected chi connectivity index (χ4v) is 3.35. The van der Waals surface area contributed by atoms with Gasteiger partial charge in [-0.15, -0.1) is 0 Å². The second-order valence-corrected chi connectivity index (χ2v) is 7.25. The summed E-state index contributed by atoms with van der Waals surface area (Å²) >= 11 is 0. The zero-order valence-electron chi connectivity index (χ0n) is 13.9. The summed E-state index contributed by atoms with van der Waals surface area (Å²) in [6.45, 7) is 0.148. The molecule has 130 valence electrons. The lowest BCUT2D eigenvalue weighted by Gasteiger charge is -2.08. The molecule has 0 aliphatic carbocycles. The average Bonchev–Trinajstić information content (AvgIpc) is 3.07. The van der Waals surface area contributed by atoms with Gasteiger partial charge in [0.2, 0.25) is 10.0 Å². The first-order chi connectivity index (χ1) is 12.0. The van der Waals surface area contributed by atoms with Crippen molar-refractivity contribution in [3.63, 3.8) is 0 Å². The maximum absolute atomic E-state index is 12.4. The topological polar surface area (TPSA) is 86.1 Å². The third kappa shape index (κ3) is 4.04. The molecule has 0 spiro atoms. The minimum Gasteiger partial charge on any atom is -0.497 e. The summed E-state index contributed by atoms with van der Waals surface area (Å²) in [7, 11) is -0.238. The fraction of sp³-hybridized carbons (Fsp3) is 0.176. The molecule has 25 heavy (non-hydrogen) atoms. The van der Waals surface area contributed by atoms with E-state index in [0.717, 1.165) is 16.7 Å². The molecule has 3 rings (SSSR count). The molecule has 0 saturated carbocycles. The Morgan fingerprint density at radius 1 is 1.12 bits per heavy atom. The van der Waals surface area contributed by atoms with E-state index in [0.29, 0.717) is 5.75 Å². The number of sulfonamides is 1. The second kappa shape index (κ2) is 7.04. The van der Waals surface area contributed by atoms with E-state index in [9.17, 15) is 8.42 Å². The molecule has 1 aromatic carbocycles. The van der Waals surface area contributed by atoms with Crippen LogP contribution in [0.15, 0.2) is 60.0 Å². The van der Waals surface area contributed by atoms with Crippen LogP contribution in [0.25, 0.3) is 11.1 Å². The van der Waals surface area contributed by atoms with E-state index in [-0.39, 0.29) is 11.4 Å². The number of rotatable bonds is 6. The van der Waals surface area contributed by atoms with Crippen LogP contribution in [-0.2, 0) is 23.6 Å². The van der Waals surface area contributed by atoms with Crippen molar-refractivity contribution in [2.24, 2.45) is 7.05 Å². The lowest BCUT2D eigenvalue weighted by Crippen LogP contribution is -2.23. The average molecular weight is 358 g/mol. The molecule has 1 N–H and O–H groups in total. The van der Waals surface area contributed by atoms with Crippen molar-refractivity contribution >= 4 is 10.0 Å². The lowest BCUT2D eigenvalue weighted by molar-refractivity contribution is 0.414. The monoisotopic (exact) mass is 358 g/mol. The van der Waals surface area contributed by atoms with Crippen LogP contribution in [-0.4, -0.2) is 30.3 Å². The van der Waals surface area contributed by atoms with Gasteiger partial charge in [0.15, 0.2) is 0 Å². The highest BCUT2D eigenvalue weighted by molar-refractivity contribution is 7.89. The number of pyridine rings is 1. The summed E-state index contributed by atoms with van der Waals surface area (Å²) in [6, 6.07) is 8.12. The Morgan fingerprint density at radius 2 is 1.88 bits per heavy atom. The first-order valence-electron chi connectivity index (χ1n) is 7.54. The smallest absolute Gasteiger partial charge is 0.240 e. The maximum atomic E-state index is 12.4. The van der Waals surface area contributed by atoms with Gasteiger partial charge < -0.3 is 4.74 Å². The number of aryl methyl sites for hydroxylation is 1. The molecule has 0 bridgehead atoms. The molecule has 2 aromatic heterocycles. The van der Waals surface area contributed by atoms with Gasteiger partial charge in [0.25, 0.3) is 0 Å². The second-order valence-electron chi connectivity index (χ2n) is 5.48. The van der Waals surface area contributed by atoms with Gasteiger partial charge in [0.05, 0.1) is 18.2 Å². The number of nitrogens with one attached hydrogen (secondary N) is 1. The van der Waals surface area contributed by atoms with E-state index in [4.69, 9.17) is 4.74 Å². The van der Waals surface area contributed by atoms with Gasteiger partial charge in [-0.25, -0.2) is 13.1 Å². The normalized spacial score (nSPS) is 11.4. The Kier molecular flexibility index (Phi) is 4.82. The maximum Gasteiger partial charge on any atom is 0.240 e. The van der Waals surface area contributed by atoms with Crippen molar-refractivity contribution in [2.75, 3.05) is 7.11 Å². The molecule has 0 amide bonds. The fourth-order valence-electron chi connectivity index (χ4n) is 2.33. The summed E-state index contributed by atoms with van der Waals surface area (Å²) in [5.74, 6) is 0.604. The van der Waals surface area contributed by atoms with E-state index in [2.05, 4.69) is 14.8 Å². The Labute approximate surface area is 146 Å². The van der Waals surface area contributed by atoms with Crippen molar-refractivity contribution in [1.29, 1.82) is 0 Å². The Hall–Kier alpha value is -2.71. The van der Waals surface area contributed by atoms with Crippen LogP contribution in [0.2, 0.25) is 0 Å². The lowest BCUT2D eigenvalue weighted by atomic mass is 10.1. The van der Waals surface area contributed by atoms with Crippen LogP contribution in [0, 0.1) is 0 Å². The minimum atomic E-state index is -3.61. The highest BCUT2D eigenvalue weighted by Gasteiger charge is 2.14. The summed E-state index contributed by atoms with van der Waals surface area (Å²) in [4.78, 5) is 4.36. The molecule has 0 saturated heterocycles. The van der Waals surface area contributed by atoms with Crippen LogP contribution in [0.4, 0.5) is 0 Å². The highest BCUT2D eigenvalue weighted by atomic mass is 32.2. The molecule has 8 heteroatoms. The first kappa shape index (κ1) is 17.1. The number of hydrogen-bond donors (Lipinski definition) is 1. The van der Waals surface area contributed by atoms with Gasteiger partial charge in [-0.3, -0.25) is 9.67 Å². The first-order valence-corrected chi connectivity index (χ1v) is 9.03. The van der Waals surface area contributed by atoms with Gasteiger partial charge in [0, 0.05) is 43.3 Å². The molecule has 7 nitrogen and oxygen atoms in total. The SMILES string of the molecule is COc1ccc(S(=O)(=O)NCc2cncc(-c3cnn(C)c3)c2)cc1. The molecule has 0 unspecified atom stereocenters. The number of methoxy groups -OCH3 is 1. The van der Waals surface area contributed by atoms with Gasteiger partial charge >= 0.3 is 0 Å². The van der Waals surface area contributed by atoms with Crippen LogP contribution in [0.1, 0.15) is 5.56 Å². The standard InChI is InChI=1S/C17H18N4O3S/c1-21-12-15(11-19-21)14-7-13(8-18-10-14)9-20-25(22,23)17-5-3-16(24-2)4-6-17/h3-8,10-12,20H,9H2,1-2H3. The van der Waals surface area contributed by atoms with Crippen molar-refractivity contribution < 1.29 is 13.2 Å². The Bertz CT molecular complexity index is 966. The number of aromatic nitrogens is 3. The summed E-state index contributed by atoms with van der Waals surface area (Å²) in [6.07, 6.45) is 6.97. The summed E-state index contributed by atoms with van der Waals surface area (Å²) in [5, 5.41) is 4.13. The van der Waals surface area contributed by atoms with Crippen LogP contribution in [0.5, 0.6) is 5.75 Å². The number of hydrogen-bond acceptors (Lipinski definition) is 5. The quantitative estimate of drug-likeness (QED) is 0.728. The van der Waals surface area contributed by atoms with Crippen molar-refractivity contribution in [1.82, 2.24) is 19.5 Å². The third-order valence-electron chi connectivity index (χ3n) is 3.67. The number of benzene rings is 1. The van der Waals surface area contributed by atoms with Crippen LogP contribution < -0.4 is 9.46 Å². The molecular weight excluding hydrogens is 340 g/mol. The number of ether oxygens (including phenoxy) is 1. The molecule has 0 atom stereocenters. The van der Waals surface area contributed by atoms with Gasteiger partial charge in [-0.1, -0.05) is 0 Å². The van der Waals surface area contributed by atoms with E-state index in [1.165, 1.54) is 19.2 Å².